The van der Waals surface area contributed by atoms with Gasteiger partial charge in [-0.25, -0.2) is 4.79 Å². The van der Waals surface area contributed by atoms with Crippen LogP contribution < -0.4 is 10.6 Å². The van der Waals surface area contributed by atoms with E-state index >= 15 is 0 Å². The Morgan fingerprint density at radius 3 is 2.64 bits per heavy atom. The first-order chi connectivity index (χ1) is 6.83. The number of hydrogen-bond donors (Lipinski definition) is 2. The zero-order chi connectivity index (χ0) is 10.2. The van der Waals surface area contributed by atoms with Gasteiger partial charge in [0.05, 0.1) is 0 Å². The Kier molecular flexibility index (Phi) is 5.36. The largest absolute Gasteiger partial charge is 0.338 e. The lowest BCUT2D eigenvalue weighted by atomic mass is 10.3. The van der Waals surface area contributed by atoms with Crippen LogP contribution in [0.2, 0.25) is 0 Å². The zero-order valence-electron chi connectivity index (χ0n) is 7.79. The van der Waals surface area contributed by atoms with Crippen molar-refractivity contribution in [2.75, 3.05) is 16.3 Å². The Balaban J connectivity index is 2.27. The van der Waals surface area contributed by atoms with Crippen LogP contribution in [0.3, 0.4) is 0 Å². The number of carbonyl (C=O) groups is 1. The molecule has 0 atom stereocenters. The standard InChI is InChI=1S/C10H13IN2O/c11-7-4-8-12-10(14)13-9-5-2-1-3-6-9/h1-3,5-6H,4,7-8H2,(H2,12,13,14). The van der Waals surface area contributed by atoms with Crippen molar-refractivity contribution in [1.29, 1.82) is 0 Å². The predicted octanol–water partition coefficient (Wildman–Crippen LogP) is 2.63. The fourth-order valence-corrected chi connectivity index (χ4v) is 1.35. The number of alkyl halides is 1. The second-order valence-corrected chi connectivity index (χ2v) is 3.87. The molecule has 4 heteroatoms. The number of urea groups is 1. The lowest BCUT2D eigenvalue weighted by Gasteiger charge is -2.06. The first kappa shape index (κ1) is 11.3. The molecule has 1 aromatic rings. The van der Waals surface area contributed by atoms with Crippen molar-refractivity contribution < 1.29 is 4.79 Å². The summed E-state index contributed by atoms with van der Waals surface area (Å²) in [6.07, 6.45) is 1.00. The van der Waals surface area contributed by atoms with E-state index in [1.54, 1.807) is 0 Å². The van der Waals surface area contributed by atoms with Crippen LogP contribution in [-0.4, -0.2) is 17.0 Å². The van der Waals surface area contributed by atoms with Crippen LogP contribution >= 0.6 is 22.6 Å². The Hall–Kier alpha value is -0.780. The summed E-state index contributed by atoms with van der Waals surface area (Å²) in [7, 11) is 0. The van der Waals surface area contributed by atoms with Gasteiger partial charge in [-0.05, 0) is 18.6 Å². The van der Waals surface area contributed by atoms with Gasteiger partial charge < -0.3 is 10.6 Å². The predicted molar refractivity (Wildman–Crippen MR) is 67.0 cm³/mol. The quantitative estimate of drug-likeness (QED) is 0.501. The van der Waals surface area contributed by atoms with E-state index in [9.17, 15) is 4.79 Å². The lowest BCUT2D eigenvalue weighted by Crippen LogP contribution is -2.29. The van der Waals surface area contributed by atoms with Crippen LogP contribution in [0.25, 0.3) is 0 Å². The molecular formula is C10H13IN2O. The molecule has 2 amide bonds. The van der Waals surface area contributed by atoms with Gasteiger partial charge in [0.15, 0.2) is 0 Å². The van der Waals surface area contributed by atoms with Crippen molar-refractivity contribution in [3.63, 3.8) is 0 Å². The molecule has 76 valence electrons. The molecule has 0 aliphatic rings. The minimum atomic E-state index is -0.138. The van der Waals surface area contributed by atoms with E-state index in [1.807, 2.05) is 30.3 Å². The molecule has 1 aromatic carbocycles. The molecule has 1 rings (SSSR count). The van der Waals surface area contributed by atoms with E-state index < -0.39 is 0 Å². The Morgan fingerprint density at radius 1 is 1.29 bits per heavy atom. The number of amides is 2. The van der Waals surface area contributed by atoms with Crippen LogP contribution in [0.4, 0.5) is 10.5 Å². The number of para-hydroxylation sites is 1. The van der Waals surface area contributed by atoms with Crippen molar-refractivity contribution in [2.24, 2.45) is 0 Å². The fraction of sp³-hybridized carbons (Fsp3) is 0.300. The van der Waals surface area contributed by atoms with E-state index in [0.717, 1.165) is 23.1 Å². The topological polar surface area (TPSA) is 41.1 Å². The van der Waals surface area contributed by atoms with Crippen molar-refractivity contribution in [2.45, 2.75) is 6.42 Å². The highest BCUT2D eigenvalue weighted by atomic mass is 127. The maximum Gasteiger partial charge on any atom is 0.319 e. The first-order valence-corrected chi connectivity index (χ1v) is 6.01. The maximum atomic E-state index is 11.3. The summed E-state index contributed by atoms with van der Waals surface area (Å²) in [5.41, 5.74) is 0.819. The third-order valence-corrected chi connectivity index (χ3v) is 2.39. The molecule has 0 heterocycles. The summed E-state index contributed by atoms with van der Waals surface area (Å²) in [4.78, 5) is 11.3. The molecule has 2 N–H and O–H groups in total. The summed E-state index contributed by atoms with van der Waals surface area (Å²) >= 11 is 2.29. The molecule has 0 saturated carbocycles. The molecule has 14 heavy (non-hydrogen) atoms. The Morgan fingerprint density at radius 2 is 2.00 bits per heavy atom. The number of hydrogen-bond acceptors (Lipinski definition) is 1. The van der Waals surface area contributed by atoms with Gasteiger partial charge >= 0.3 is 6.03 Å². The van der Waals surface area contributed by atoms with E-state index in [4.69, 9.17) is 0 Å². The number of halogens is 1. The second kappa shape index (κ2) is 6.64. The van der Waals surface area contributed by atoms with Gasteiger partial charge in [-0.15, -0.1) is 0 Å². The molecule has 0 saturated heterocycles. The smallest absolute Gasteiger partial charge is 0.319 e. The van der Waals surface area contributed by atoms with E-state index in [0.29, 0.717) is 0 Å². The van der Waals surface area contributed by atoms with Gasteiger partial charge in [0, 0.05) is 16.7 Å². The van der Waals surface area contributed by atoms with Crippen molar-refractivity contribution >= 4 is 34.3 Å². The van der Waals surface area contributed by atoms with Gasteiger partial charge in [-0.1, -0.05) is 40.8 Å². The second-order valence-electron chi connectivity index (χ2n) is 2.79. The third kappa shape index (κ3) is 4.45. The Bertz CT molecular complexity index is 277. The molecule has 0 aromatic heterocycles. The highest BCUT2D eigenvalue weighted by molar-refractivity contribution is 14.1. The maximum absolute atomic E-state index is 11.3. The monoisotopic (exact) mass is 304 g/mol. The van der Waals surface area contributed by atoms with Gasteiger partial charge in [-0.3, -0.25) is 0 Å². The van der Waals surface area contributed by atoms with Gasteiger partial charge in [0.2, 0.25) is 0 Å². The molecule has 0 aliphatic heterocycles. The fourth-order valence-electron chi connectivity index (χ4n) is 0.966. The number of benzene rings is 1. The molecular weight excluding hydrogens is 291 g/mol. The summed E-state index contributed by atoms with van der Waals surface area (Å²) < 4.78 is 1.06. The van der Waals surface area contributed by atoms with Crippen LogP contribution in [0.15, 0.2) is 30.3 Å². The van der Waals surface area contributed by atoms with E-state index in [2.05, 4.69) is 33.2 Å². The van der Waals surface area contributed by atoms with Gasteiger partial charge in [0.1, 0.15) is 0 Å². The van der Waals surface area contributed by atoms with Crippen LogP contribution in [0.5, 0.6) is 0 Å². The molecule has 0 unspecified atom stereocenters. The number of carbonyl (C=O) groups excluding carboxylic acids is 1. The lowest BCUT2D eigenvalue weighted by molar-refractivity contribution is 0.252. The van der Waals surface area contributed by atoms with E-state index in [-0.39, 0.29) is 6.03 Å². The van der Waals surface area contributed by atoms with Gasteiger partial charge in [0.25, 0.3) is 0 Å². The summed E-state index contributed by atoms with van der Waals surface area (Å²) in [5.74, 6) is 0. The molecule has 0 aliphatic carbocycles. The SMILES string of the molecule is O=C(NCCCI)Nc1ccccc1. The normalized spacial score (nSPS) is 9.50. The third-order valence-electron chi connectivity index (χ3n) is 1.63. The molecule has 0 radical (unpaired) electrons. The van der Waals surface area contributed by atoms with Crippen LogP contribution in [0.1, 0.15) is 6.42 Å². The summed E-state index contributed by atoms with van der Waals surface area (Å²) in [6, 6.07) is 9.27. The molecule has 0 spiro atoms. The Labute approximate surface area is 97.4 Å². The summed E-state index contributed by atoms with van der Waals surface area (Å²) in [6.45, 7) is 0.724. The average Bonchev–Trinajstić information content (AvgIpc) is 2.20. The van der Waals surface area contributed by atoms with Crippen molar-refractivity contribution in [1.82, 2.24) is 5.32 Å². The minimum absolute atomic E-state index is 0.138. The van der Waals surface area contributed by atoms with Gasteiger partial charge in [-0.2, -0.15) is 0 Å². The average molecular weight is 304 g/mol. The van der Waals surface area contributed by atoms with Crippen molar-refractivity contribution in [3.8, 4) is 0 Å². The highest BCUT2D eigenvalue weighted by Gasteiger charge is 1.98. The van der Waals surface area contributed by atoms with Crippen LogP contribution in [-0.2, 0) is 0 Å². The molecule has 0 bridgehead atoms. The number of rotatable bonds is 4. The van der Waals surface area contributed by atoms with Crippen LogP contribution in [0, 0.1) is 0 Å². The highest BCUT2D eigenvalue weighted by Crippen LogP contribution is 2.03. The number of anilines is 1. The number of nitrogens with one attached hydrogen (secondary N) is 2. The zero-order valence-corrected chi connectivity index (χ0v) is 9.95. The summed E-state index contributed by atoms with van der Waals surface area (Å²) in [5, 5.41) is 5.53. The molecule has 0 fully saturated rings. The minimum Gasteiger partial charge on any atom is -0.338 e. The molecule has 3 nitrogen and oxygen atoms in total. The van der Waals surface area contributed by atoms with Crippen molar-refractivity contribution in [3.05, 3.63) is 30.3 Å². The van der Waals surface area contributed by atoms with E-state index in [1.165, 1.54) is 0 Å². The first-order valence-electron chi connectivity index (χ1n) is 4.49.